The summed E-state index contributed by atoms with van der Waals surface area (Å²) in [5.74, 6) is -0.890. The van der Waals surface area contributed by atoms with Crippen LogP contribution < -0.4 is 16.2 Å². The molecule has 3 aromatic rings. The number of aromatic nitrogens is 2. The van der Waals surface area contributed by atoms with E-state index in [-0.39, 0.29) is 30.4 Å². The molecule has 0 aliphatic heterocycles. The third kappa shape index (κ3) is 4.07. The molecule has 0 unspecified atom stereocenters. The van der Waals surface area contributed by atoms with Gasteiger partial charge in [0, 0.05) is 23.7 Å². The summed E-state index contributed by atoms with van der Waals surface area (Å²) in [6, 6.07) is 13.3. The lowest BCUT2D eigenvalue weighted by atomic mass is 10.2. The van der Waals surface area contributed by atoms with Gasteiger partial charge in [0.25, 0.3) is 17.4 Å². The summed E-state index contributed by atoms with van der Waals surface area (Å²) in [7, 11) is 0. The molecule has 3 rings (SSSR count). The Bertz CT molecular complexity index is 1030. The molecule has 0 fully saturated rings. The van der Waals surface area contributed by atoms with E-state index in [1.165, 1.54) is 0 Å². The largest absolute Gasteiger partial charge is 0.350 e. The van der Waals surface area contributed by atoms with Gasteiger partial charge in [-0.1, -0.05) is 29.8 Å². The van der Waals surface area contributed by atoms with Gasteiger partial charge in [0.1, 0.15) is 0 Å². The highest BCUT2D eigenvalue weighted by Crippen LogP contribution is 2.10. The maximum Gasteiger partial charge on any atom is 0.287 e. The molecule has 26 heavy (non-hydrogen) atoms. The fourth-order valence-electron chi connectivity index (χ4n) is 2.36. The molecule has 0 spiro atoms. The Morgan fingerprint density at radius 3 is 2.50 bits per heavy atom. The van der Waals surface area contributed by atoms with Crippen molar-refractivity contribution in [3.63, 3.8) is 0 Å². The highest BCUT2D eigenvalue weighted by molar-refractivity contribution is 6.30. The van der Waals surface area contributed by atoms with Crippen molar-refractivity contribution >= 4 is 34.3 Å². The minimum atomic E-state index is -0.523. The Labute approximate surface area is 153 Å². The first-order valence-electron chi connectivity index (χ1n) is 7.85. The Kier molecular flexibility index (Phi) is 5.28. The average Bonchev–Trinajstić information content (AvgIpc) is 2.65. The third-order valence-electron chi connectivity index (χ3n) is 3.61. The van der Waals surface area contributed by atoms with Crippen molar-refractivity contribution in [2.45, 2.75) is 0 Å². The molecule has 0 aliphatic carbocycles. The molecule has 3 N–H and O–H groups in total. The van der Waals surface area contributed by atoms with Crippen LogP contribution in [0.5, 0.6) is 0 Å². The number of carbonyl (C=O) groups is 2. The molecule has 0 saturated heterocycles. The van der Waals surface area contributed by atoms with Crippen LogP contribution in [0.4, 0.5) is 0 Å². The van der Waals surface area contributed by atoms with Gasteiger partial charge in [0.15, 0.2) is 5.82 Å². The van der Waals surface area contributed by atoms with E-state index < -0.39 is 5.91 Å². The number of halogens is 1. The molecule has 0 radical (unpaired) electrons. The Morgan fingerprint density at radius 2 is 1.73 bits per heavy atom. The average molecular weight is 371 g/mol. The molecule has 2 amide bonds. The van der Waals surface area contributed by atoms with Crippen LogP contribution in [0.15, 0.2) is 53.3 Å². The number of benzene rings is 2. The zero-order valence-electron chi connectivity index (χ0n) is 13.6. The number of nitrogens with one attached hydrogen (secondary N) is 3. The monoisotopic (exact) mass is 370 g/mol. The summed E-state index contributed by atoms with van der Waals surface area (Å²) >= 11 is 5.84. The van der Waals surface area contributed by atoms with E-state index in [0.29, 0.717) is 21.5 Å². The summed E-state index contributed by atoms with van der Waals surface area (Å²) in [4.78, 5) is 42.6. The maximum absolute atomic E-state index is 12.1. The highest BCUT2D eigenvalue weighted by atomic mass is 35.5. The summed E-state index contributed by atoms with van der Waals surface area (Å²) < 4.78 is 0. The smallest absolute Gasteiger partial charge is 0.287 e. The van der Waals surface area contributed by atoms with Crippen molar-refractivity contribution < 1.29 is 9.59 Å². The summed E-state index contributed by atoms with van der Waals surface area (Å²) in [5.41, 5.74) is 0.495. The van der Waals surface area contributed by atoms with Gasteiger partial charge in [-0.05, 0) is 30.3 Å². The van der Waals surface area contributed by atoms with Gasteiger partial charge >= 0.3 is 0 Å². The number of aromatic amines is 1. The minimum Gasteiger partial charge on any atom is -0.350 e. The predicted octanol–water partition coefficient (Wildman–Crippen LogP) is 1.74. The second-order valence-electron chi connectivity index (χ2n) is 5.45. The Balaban J connectivity index is 1.56. The lowest BCUT2D eigenvalue weighted by molar-refractivity contribution is 0.0922. The van der Waals surface area contributed by atoms with Crippen LogP contribution in [-0.4, -0.2) is 34.9 Å². The van der Waals surface area contributed by atoms with Gasteiger partial charge in [-0.2, -0.15) is 0 Å². The van der Waals surface area contributed by atoms with E-state index in [4.69, 9.17) is 11.6 Å². The number of H-pyrrole nitrogens is 1. The number of carbonyl (C=O) groups excluding carboxylic acids is 2. The quantitative estimate of drug-likeness (QED) is 0.595. The molecular weight excluding hydrogens is 356 g/mol. The molecule has 0 bridgehead atoms. The van der Waals surface area contributed by atoms with Gasteiger partial charge in [0.2, 0.25) is 0 Å². The van der Waals surface area contributed by atoms with E-state index in [1.807, 2.05) is 0 Å². The fraction of sp³-hybridized carbons (Fsp3) is 0.111. The molecule has 0 saturated carbocycles. The van der Waals surface area contributed by atoms with Crippen LogP contribution in [0.25, 0.3) is 10.9 Å². The normalized spacial score (nSPS) is 10.5. The number of amides is 2. The summed E-state index contributed by atoms with van der Waals surface area (Å²) in [5, 5.41) is 6.15. The van der Waals surface area contributed by atoms with E-state index >= 15 is 0 Å². The van der Waals surface area contributed by atoms with E-state index in [1.54, 1.807) is 48.5 Å². The first-order chi connectivity index (χ1) is 12.5. The van der Waals surface area contributed by atoms with Crippen molar-refractivity contribution in [2.24, 2.45) is 0 Å². The molecule has 1 aromatic heterocycles. The lowest BCUT2D eigenvalue weighted by Gasteiger charge is -2.07. The van der Waals surface area contributed by atoms with Gasteiger partial charge < -0.3 is 15.6 Å². The molecular formula is C18H15ClN4O3. The number of fused-ring (bicyclic) bond motifs is 1. The van der Waals surface area contributed by atoms with Crippen LogP contribution in [0.1, 0.15) is 21.0 Å². The van der Waals surface area contributed by atoms with Crippen LogP contribution in [0, 0.1) is 0 Å². The second kappa shape index (κ2) is 7.79. The van der Waals surface area contributed by atoms with Crippen LogP contribution in [0.3, 0.4) is 0 Å². The number of rotatable bonds is 5. The molecule has 132 valence electrons. The number of nitrogens with zero attached hydrogens (tertiary/aromatic N) is 1. The number of hydrogen-bond donors (Lipinski definition) is 3. The first-order valence-corrected chi connectivity index (χ1v) is 8.23. The summed E-state index contributed by atoms with van der Waals surface area (Å²) in [6.07, 6.45) is 0. The van der Waals surface area contributed by atoms with Crippen molar-refractivity contribution in [3.8, 4) is 0 Å². The zero-order chi connectivity index (χ0) is 18.5. The molecule has 1 heterocycles. The maximum atomic E-state index is 12.1. The SMILES string of the molecule is O=C(NCCNC(=O)c1nc2ccccc2c(=O)[nH]1)c1cccc(Cl)c1. The second-order valence-corrected chi connectivity index (χ2v) is 5.89. The highest BCUT2D eigenvalue weighted by Gasteiger charge is 2.11. The minimum absolute atomic E-state index is 0.0742. The summed E-state index contributed by atoms with van der Waals surface area (Å²) in [6.45, 7) is 0.399. The standard InChI is InChI=1S/C18H15ClN4O3/c19-12-5-3-4-11(10-12)16(24)20-8-9-21-18(26)15-22-14-7-2-1-6-13(14)17(25)23-15/h1-7,10H,8-9H2,(H,20,24)(H,21,26)(H,22,23,25). The van der Waals surface area contributed by atoms with Crippen LogP contribution in [-0.2, 0) is 0 Å². The predicted molar refractivity (Wildman–Crippen MR) is 98.5 cm³/mol. The topological polar surface area (TPSA) is 104 Å². The first kappa shape index (κ1) is 17.6. The van der Waals surface area contributed by atoms with Gasteiger partial charge in [-0.25, -0.2) is 4.98 Å². The van der Waals surface area contributed by atoms with Crippen molar-refractivity contribution in [3.05, 3.63) is 75.3 Å². The lowest BCUT2D eigenvalue weighted by Crippen LogP contribution is -2.36. The number of para-hydroxylation sites is 1. The molecule has 7 nitrogen and oxygen atoms in total. The molecule has 0 atom stereocenters. The molecule has 8 heteroatoms. The zero-order valence-corrected chi connectivity index (χ0v) is 14.3. The van der Waals surface area contributed by atoms with Gasteiger partial charge in [0.05, 0.1) is 10.9 Å². The number of hydrogen-bond acceptors (Lipinski definition) is 4. The van der Waals surface area contributed by atoms with Crippen LogP contribution in [0.2, 0.25) is 5.02 Å². The van der Waals surface area contributed by atoms with Gasteiger partial charge in [-0.3, -0.25) is 14.4 Å². The third-order valence-corrected chi connectivity index (χ3v) is 3.85. The Morgan fingerprint density at radius 1 is 1.00 bits per heavy atom. The van der Waals surface area contributed by atoms with Crippen molar-refractivity contribution in [1.29, 1.82) is 0 Å². The molecule has 0 aliphatic rings. The van der Waals surface area contributed by atoms with Crippen LogP contribution >= 0.6 is 11.6 Å². The van der Waals surface area contributed by atoms with E-state index in [0.717, 1.165) is 0 Å². The van der Waals surface area contributed by atoms with Gasteiger partial charge in [-0.15, -0.1) is 0 Å². The van der Waals surface area contributed by atoms with E-state index in [9.17, 15) is 14.4 Å². The molecule has 2 aromatic carbocycles. The Hall–Kier alpha value is -3.19. The van der Waals surface area contributed by atoms with Crippen molar-refractivity contribution in [1.82, 2.24) is 20.6 Å². The van der Waals surface area contributed by atoms with Crippen molar-refractivity contribution in [2.75, 3.05) is 13.1 Å². The van der Waals surface area contributed by atoms with E-state index in [2.05, 4.69) is 20.6 Å². The fourth-order valence-corrected chi connectivity index (χ4v) is 2.55.